The molecule has 1 fully saturated rings. The summed E-state index contributed by atoms with van der Waals surface area (Å²) in [6, 6.07) is 17.9. The van der Waals surface area contributed by atoms with Gasteiger partial charge in [0.25, 0.3) is 0 Å². The molecule has 0 spiro atoms. The maximum atomic E-state index is 13.1. The summed E-state index contributed by atoms with van der Waals surface area (Å²) in [5, 5.41) is 12.1. The van der Waals surface area contributed by atoms with Crippen molar-refractivity contribution in [2.45, 2.75) is 39.2 Å². The number of benzene rings is 2. The monoisotopic (exact) mass is 417 g/mol. The molecule has 1 saturated heterocycles. The zero-order valence-corrected chi connectivity index (χ0v) is 18.5. The van der Waals surface area contributed by atoms with E-state index in [4.69, 9.17) is 9.05 Å². The molecule has 0 saturated carbocycles. The van der Waals surface area contributed by atoms with E-state index in [0.29, 0.717) is 39.1 Å². The zero-order chi connectivity index (χ0) is 20.9. The Morgan fingerprint density at radius 2 is 1.55 bits per heavy atom. The molecule has 1 aliphatic rings. The largest absolute Gasteiger partial charge is 0.408 e. The van der Waals surface area contributed by atoms with Gasteiger partial charge in [-0.1, -0.05) is 54.6 Å². The fourth-order valence-corrected chi connectivity index (χ4v) is 6.13. The predicted octanol–water partition coefficient (Wildman–Crippen LogP) is 5.12. The quantitative estimate of drug-likeness (QED) is 0.604. The lowest BCUT2D eigenvalue weighted by molar-refractivity contribution is -0.00958. The number of aryl methyl sites for hydroxylation is 1. The van der Waals surface area contributed by atoms with Gasteiger partial charge in [-0.2, -0.15) is 0 Å². The van der Waals surface area contributed by atoms with Crippen molar-refractivity contribution >= 4 is 7.75 Å². The van der Waals surface area contributed by atoms with E-state index in [1.165, 1.54) is 0 Å². The van der Waals surface area contributed by atoms with Gasteiger partial charge < -0.3 is 5.11 Å². The van der Waals surface area contributed by atoms with Crippen molar-refractivity contribution in [3.63, 3.8) is 0 Å². The van der Waals surface area contributed by atoms with Crippen LogP contribution in [0.2, 0.25) is 0 Å². The van der Waals surface area contributed by atoms with Gasteiger partial charge in [-0.3, -0.25) is 9.05 Å². The van der Waals surface area contributed by atoms with Crippen molar-refractivity contribution in [1.82, 2.24) is 4.67 Å². The van der Waals surface area contributed by atoms with Crippen LogP contribution >= 0.6 is 7.75 Å². The van der Waals surface area contributed by atoms with Crippen LogP contribution in [0.4, 0.5) is 0 Å². The number of nitrogens with zero attached hydrogens (tertiary/aromatic N) is 1. The molecule has 1 aliphatic heterocycles. The fraction of sp³-hybridized carbons (Fsp3) is 0.478. The molecule has 29 heavy (non-hydrogen) atoms. The number of piperidine rings is 1. The van der Waals surface area contributed by atoms with E-state index in [1.807, 2.05) is 80.0 Å². The van der Waals surface area contributed by atoms with E-state index in [1.54, 1.807) is 0 Å². The Balaban J connectivity index is 1.90. The van der Waals surface area contributed by atoms with Crippen LogP contribution in [-0.4, -0.2) is 36.1 Å². The summed E-state index contributed by atoms with van der Waals surface area (Å²) < 4.78 is 26.0. The van der Waals surface area contributed by atoms with Gasteiger partial charge in [0, 0.05) is 13.1 Å². The highest BCUT2D eigenvalue weighted by molar-refractivity contribution is 7.51. The van der Waals surface area contributed by atoms with E-state index < -0.39 is 13.3 Å². The van der Waals surface area contributed by atoms with Crippen molar-refractivity contribution in [2.24, 2.45) is 5.92 Å². The normalized spacial score (nSPS) is 18.5. The Hall–Kier alpha value is -1.49. The Morgan fingerprint density at radius 1 is 1.00 bits per heavy atom. The van der Waals surface area contributed by atoms with Crippen molar-refractivity contribution in [1.29, 1.82) is 0 Å². The van der Waals surface area contributed by atoms with Gasteiger partial charge in [-0.25, -0.2) is 9.24 Å². The van der Waals surface area contributed by atoms with Crippen LogP contribution in [0, 0.1) is 12.8 Å². The molecule has 0 radical (unpaired) electrons. The van der Waals surface area contributed by atoms with Crippen molar-refractivity contribution in [3.05, 3.63) is 71.3 Å². The number of hydrogen-bond donors (Lipinski definition) is 1. The third-order valence-electron chi connectivity index (χ3n) is 5.76. The molecule has 1 atom stereocenters. The molecule has 0 bridgehead atoms. The first-order valence-electron chi connectivity index (χ1n) is 10.4. The Bertz CT molecular complexity index is 826. The van der Waals surface area contributed by atoms with Crippen LogP contribution in [0.1, 0.15) is 43.4 Å². The van der Waals surface area contributed by atoms with Crippen LogP contribution < -0.4 is 0 Å². The maximum Gasteiger partial charge on any atom is 0.408 e. The highest BCUT2D eigenvalue weighted by atomic mass is 31.2. The molecule has 3 rings (SSSR count). The van der Waals surface area contributed by atoms with Crippen molar-refractivity contribution < 1.29 is 18.7 Å². The topological polar surface area (TPSA) is 59.0 Å². The van der Waals surface area contributed by atoms with E-state index in [0.717, 1.165) is 16.7 Å². The summed E-state index contributed by atoms with van der Waals surface area (Å²) >= 11 is 0. The van der Waals surface area contributed by atoms with Crippen LogP contribution in [0.25, 0.3) is 0 Å². The molecule has 2 aromatic carbocycles. The molecule has 0 aromatic heterocycles. The summed E-state index contributed by atoms with van der Waals surface area (Å²) in [6.07, 6.45) is 1.40. The summed E-state index contributed by atoms with van der Waals surface area (Å²) in [5.74, 6) is -0.000969. The standard InChI is InChI=1S/C23H32NO4P/c1-4-27-29(26,28-5-2)24-17-15-21(16-18-24)23(25,20-12-7-6-8-13-20)22-14-10-9-11-19(22)3/h6-14,21,25H,4-5,15-18H2,1-3H3. The molecule has 1 heterocycles. The van der Waals surface area contributed by atoms with Gasteiger partial charge in [0.05, 0.1) is 13.2 Å². The lowest BCUT2D eigenvalue weighted by Crippen LogP contribution is -2.44. The van der Waals surface area contributed by atoms with E-state index in [9.17, 15) is 9.67 Å². The first-order chi connectivity index (χ1) is 14.0. The Kier molecular flexibility index (Phi) is 7.31. The molecule has 6 heteroatoms. The van der Waals surface area contributed by atoms with E-state index >= 15 is 0 Å². The Labute approximate surface area is 174 Å². The summed E-state index contributed by atoms with van der Waals surface area (Å²) in [5.41, 5.74) is 1.79. The second-order valence-electron chi connectivity index (χ2n) is 7.48. The van der Waals surface area contributed by atoms with E-state index in [2.05, 4.69) is 0 Å². The van der Waals surface area contributed by atoms with Gasteiger partial charge in [-0.15, -0.1) is 0 Å². The third kappa shape index (κ3) is 4.50. The first-order valence-corrected chi connectivity index (χ1v) is 11.9. The number of rotatable bonds is 8. The first kappa shape index (κ1) is 22.2. The second kappa shape index (κ2) is 9.55. The molecule has 5 nitrogen and oxygen atoms in total. The fourth-order valence-electron chi connectivity index (χ4n) is 4.36. The average molecular weight is 417 g/mol. The molecular weight excluding hydrogens is 385 g/mol. The van der Waals surface area contributed by atoms with Crippen molar-refractivity contribution in [2.75, 3.05) is 26.3 Å². The van der Waals surface area contributed by atoms with Gasteiger partial charge in [0.2, 0.25) is 0 Å². The molecule has 1 unspecified atom stereocenters. The van der Waals surface area contributed by atoms with Crippen LogP contribution in [-0.2, 0) is 19.2 Å². The predicted molar refractivity (Wildman–Crippen MR) is 116 cm³/mol. The SMILES string of the molecule is CCOP(=O)(OCC)N1CCC(C(O)(c2ccccc2)c2ccccc2C)CC1. The van der Waals surface area contributed by atoms with Crippen LogP contribution in [0.15, 0.2) is 54.6 Å². The smallest absolute Gasteiger partial charge is 0.380 e. The molecule has 158 valence electrons. The average Bonchev–Trinajstić information content (AvgIpc) is 2.75. The van der Waals surface area contributed by atoms with Gasteiger partial charge >= 0.3 is 7.75 Å². The van der Waals surface area contributed by atoms with Crippen molar-refractivity contribution in [3.8, 4) is 0 Å². The van der Waals surface area contributed by atoms with Crippen LogP contribution in [0.3, 0.4) is 0 Å². The van der Waals surface area contributed by atoms with Gasteiger partial charge in [0.1, 0.15) is 5.60 Å². The molecule has 1 N–H and O–H groups in total. The number of hydrogen-bond acceptors (Lipinski definition) is 4. The maximum absolute atomic E-state index is 13.1. The molecule has 2 aromatic rings. The van der Waals surface area contributed by atoms with Crippen LogP contribution in [0.5, 0.6) is 0 Å². The van der Waals surface area contributed by atoms with Gasteiger partial charge in [0.15, 0.2) is 0 Å². The molecule has 0 aliphatic carbocycles. The summed E-state index contributed by atoms with van der Waals surface area (Å²) in [4.78, 5) is 0. The summed E-state index contributed by atoms with van der Waals surface area (Å²) in [7, 11) is -3.28. The third-order valence-corrected chi connectivity index (χ3v) is 8.02. The summed E-state index contributed by atoms with van der Waals surface area (Å²) in [6.45, 7) is 7.49. The van der Waals surface area contributed by atoms with E-state index in [-0.39, 0.29) is 5.92 Å². The lowest BCUT2D eigenvalue weighted by atomic mass is 9.71. The lowest BCUT2D eigenvalue weighted by Gasteiger charge is -2.43. The molecular formula is C23H32NO4P. The Morgan fingerprint density at radius 3 is 2.10 bits per heavy atom. The highest BCUT2D eigenvalue weighted by Gasteiger charge is 2.45. The second-order valence-corrected chi connectivity index (χ2v) is 9.50. The highest BCUT2D eigenvalue weighted by Crippen LogP contribution is 2.54. The zero-order valence-electron chi connectivity index (χ0n) is 17.6. The molecule has 0 amide bonds. The van der Waals surface area contributed by atoms with Gasteiger partial charge in [-0.05, 0) is 56.2 Å². The minimum atomic E-state index is -3.28. The minimum absolute atomic E-state index is 0.000969. The number of aliphatic hydroxyl groups is 1. The minimum Gasteiger partial charge on any atom is -0.380 e.